The topological polar surface area (TPSA) is 54.6 Å². The number of terminal acetylenes is 1. The zero-order chi connectivity index (χ0) is 12.4. The summed E-state index contributed by atoms with van der Waals surface area (Å²) in [5, 5.41) is 10.6. The van der Waals surface area contributed by atoms with E-state index in [1.807, 2.05) is 16.7 Å². The van der Waals surface area contributed by atoms with E-state index in [9.17, 15) is 4.79 Å². The Hall–Kier alpha value is -1.80. The summed E-state index contributed by atoms with van der Waals surface area (Å²) in [6, 6.07) is 0. The second kappa shape index (κ2) is 4.60. The van der Waals surface area contributed by atoms with Gasteiger partial charge in [-0.3, -0.25) is 9.20 Å². The molecule has 0 unspecified atom stereocenters. The molecule has 2 rings (SSSR count). The average molecular weight is 248 g/mol. The highest BCUT2D eigenvalue weighted by Crippen LogP contribution is 2.21. The molecule has 1 N–H and O–H groups in total. The number of aromatic nitrogens is 2. The quantitative estimate of drug-likeness (QED) is 0.843. The van der Waals surface area contributed by atoms with Crippen molar-refractivity contribution in [3.05, 3.63) is 22.5 Å². The van der Waals surface area contributed by atoms with Gasteiger partial charge in [-0.2, -0.15) is 0 Å². The maximum Gasteiger partial charge on any atom is 0.303 e. The lowest BCUT2D eigenvalue weighted by atomic mass is 10.2. The minimum Gasteiger partial charge on any atom is -0.481 e. The van der Waals surface area contributed by atoms with Gasteiger partial charge in [0.25, 0.3) is 0 Å². The molecule has 0 bridgehead atoms. The summed E-state index contributed by atoms with van der Waals surface area (Å²) in [7, 11) is 0. The summed E-state index contributed by atoms with van der Waals surface area (Å²) < 4.78 is 2.02. The van der Waals surface area contributed by atoms with Crippen molar-refractivity contribution in [1.82, 2.24) is 9.38 Å². The maximum atomic E-state index is 10.5. The van der Waals surface area contributed by atoms with E-state index < -0.39 is 5.97 Å². The molecule has 0 amide bonds. The number of imidazole rings is 1. The average Bonchev–Trinajstić information content (AvgIpc) is 2.80. The van der Waals surface area contributed by atoms with Crippen LogP contribution in [-0.2, 0) is 11.2 Å². The van der Waals surface area contributed by atoms with E-state index in [-0.39, 0.29) is 6.42 Å². The fourth-order valence-electron chi connectivity index (χ4n) is 1.79. The summed E-state index contributed by atoms with van der Waals surface area (Å²) in [4.78, 5) is 15.7. The number of carboxylic acid groups (broad SMARTS) is 1. The molecule has 17 heavy (non-hydrogen) atoms. The second-order valence-electron chi connectivity index (χ2n) is 3.78. The number of hydrogen-bond donors (Lipinski definition) is 1. The van der Waals surface area contributed by atoms with E-state index in [0.29, 0.717) is 12.1 Å². The third-order valence-corrected chi connectivity index (χ3v) is 3.50. The molecule has 0 fully saturated rings. The van der Waals surface area contributed by atoms with Crippen LogP contribution in [0.15, 0.2) is 5.38 Å². The van der Waals surface area contributed by atoms with Crippen LogP contribution in [-0.4, -0.2) is 20.5 Å². The van der Waals surface area contributed by atoms with Crippen molar-refractivity contribution >= 4 is 22.3 Å². The fourth-order valence-corrected chi connectivity index (χ4v) is 2.76. The fraction of sp³-hybridized carbons (Fsp3) is 0.333. The molecular formula is C12H12N2O2S. The zero-order valence-electron chi connectivity index (χ0n) is 9.43. The lowest BCUT2D eigenvalue weighted by Gasteiger charge is -1.99. The van der Waals surface area contributed by atoms with Crippen LogP contribution in [0, 0.1) is 19.3 Å². The predicted octanol–water partition coefficient (Wildman–Crippen LogP) is 2.09. The second-order valence-corrected chi connectivity index (χ2v) is 4.62. The van der Waals surface area contributed by atoms with Crippen molar-refractivity contribution in [1.29, 1.82) is 0 Å². The SMILES string of the molecule is C#Cc1nc2scc(CCCC(=O)O)n2c1C. The molecule has 0 radical (unpaired) electrons. The van der Waals surface area contributed by atoms with Gasteiger partial charge in [-0.15, -0.1) is 17.8 Å². The Bertz CT molecular complexity index is 604. The molecule has 5 heteroatoms. The number of aryl methyl sites for hydroxylation is 2. The lowest BCUT2D eigenvalue weighted by Crippen LogP contribution is -1.98. The molecule has 2 aromatic heterocycles. The van der Waals surface area contributed by atoms with Gasteiger partial charge in [0, 0.05) is 17.5 Å². The molecule has 2 aromatic rings. The first-order valence-corrected chi connectivity index (χ1v) is 6.15. The van der Waals surface area contributed by atoms with E-state index >= 15 is 0 Å². The molecular weight excluding hydrogens is 236 g/mol. The number of carboxylic acids is 1. The van der Waals surface area contributed by atoms with Gasteiger partial charge in [0.1, 0.15) is 5.69 Å². The van der Waals surface area contributed by atoms with E-state index in [2.05, 4.69) is 10.9 Å². The highest BCUT2D eigenvalue weighted by molar-refractivity contribution is 7.15. The summed E-state index contributed by atoms with van der Waals surface area (Å²) >= 11 is 1.53. The first-order chi connectivity index (χ1) is 8.13. The number of carbonyl (C=O) groups is 1. The molecule has 0 saturated heterocycles. The number of rotatable bonds is 4. The van der Waals surface area contributed by atoms with E-state index in [4.69, 9.17) is 11.5 Å². The minimum absolute atomic E-state index is 0.188. The highest BCUT2D eigenvalue weighted by atomic mass is 32.1. The van der Waals surface area contributed by atoms with Crippen LogP contribution < -0.4 is 0 Å². The summed E-state index contributed by atoms with van der Waals surface area (Å²) in [5.74, 6) is 1.79. The molecule has 0 atom stereocenters. The third-order valence-electron chi connectivity index (χ3n) is 2.62. The summed E-state index contributed by atoms with van der Waals surface area (Å²) in [5.41, 5.74) is 2.70. The van der Waals surface area contributed by atoms with Gasteiger partial charge in [0.05, 0.1) is 5.69 Å². The molecule has 2 heterocycles. The third kappa shape index (κ3) is 2.17. The minimum atomic E-state index is -0.761. The summed E-state index contributed by atoms with van der Waals surface area (Å²) in [6.45, 7) is 1.93. The van der Waals surface area contributed by atoms with Crippen molar-refractivity contribution in [2.75, 3.05) is 0 Å². The first-order valence-electron chi connectivity index (χ1n) is 5.27. The Morgan fingerprint density at radius 1 is 1.71 bits per heavy atom. The largest absolute Gasteiger partial charge is 0.481 e. The number of aliphatic carboxylic acids is 1. The molecule has 0 saturated carbocycles. The molecule has 0 aliphatic carbocycles. The van der Waals surface area contributed by atoms with E-state index in [1.54, 1.807) is 0 Å². The molecule has 0 aliphatic rings. The van der Waals surface area contributed by atoms with E-state index in [0.717, 1.165) is 22.8 Å². The van der Waals surface area contributed by atoms with Crippen molar-refractivity contribution in [3.63, 3.8) is 0 Å². The molecule has 0 spiro atoms. The summed E-state index contributed by atoms with van der Waals surface area (Å²) in [6.07, 6.45) is 6.91. The Labute approximate surface area is 103 Å². The monoisotopic (exact) mass is 248 g/mol. The molecule has 0 aliphatic heterocycles. The number of nitrogens with zero attached hydrogens (tertiary/aromatic N) is 2. The van der Waals surface area contributed by atoms with Gasteiger partial charge in [0.15, 0.2) is 4.96 Å². The predicted molar refractivity (Wildman–Crippen MR) is 66.3 cm³/mol. The van der Waals surface area contributed by atoms with Gasteiger partial charge in [-0.1, -0.05) is 0 Å². The van der Waals surface area contributed by atoms with Crippen LogP contribution in [0.5, 0.6) is 0 Å². The zero-order valence-corrected chi connectivity index (χ0v) is 10.3. The van der Waals surface area contributed by atoms with Gasteiger partial charge in [-0.25, -0.2) is 4.98 Å². The number of hydrogen-bond acceptors (Lipinski definition) is 3. The van der Waals surface area contributed by atoms with Crippen LogP contribution in [0.25, 0.3) is 4.96 Å². The maximum absolute atomic E-state index is 10.5. The van der Waals surface area contributed by atoms with Crippen molar-refractivity contribution in [3.8, 4) is 12.3 Å². The van der Waals surface area contributed by atoms with Crippen LogP contribution in [0.1, 0.15) is 29.9 Å². The number of fused-ring (bicyclic) bond motifs is 1. The van der Waals surface area contributed by atoms with E-state index in [1.165, 1.54) is 11.3 Å². The Morgan fingerprint density at radius 3 is 3.12 bits per heavy atom. The Morgan fingerprint density at radius 2 is 2.47 bits per heavy atom. The van der Waals surface area contributed by atoms with Gasteiger partial charge in [-0.05, 0) is 25.7 Å². The first kappa shape index (κ1) is 11.7. The van der Waals surface area contributed by atoms with Crippen LogP contribution >= 0.6 is 11.3 Å². The molecule has 4 nitrogen and oxygen atoms in total. The Balaban J connectivity index is 2.26. The van der Waals surface area contributed by atoms with Crippen molar-refractivity contribution < 1.29 is 9.90 Å². The molecule has 0 aromatic carbocycles. The smallest absolute Gasteiger partial charge is 0.303 e. The van der Waals surface area contributed by atoms with Crippen molar-refractivity contribution in [2.24, 2.45) is 0 Å². The van der Waals surface area contributed by atoms with Crippen molar-refractivity contribution in [2.45, 2.75) is 26.2 Å². The highest BCUT2D eigenvalue weighted by Gasteiger charge is 2.12. The van der Waals surface area contributed by atoms with Crippen LogP contribution in [0.3, 0.4) is 0 Å². The van der Waals surface area contributed by atoms with Crippen LogP contribution in [0.2, 0.25) is 0 Å². The number of thiazole rings is 1. The van der Waals surface area contributed by atoms with Crippen LogP contribution in [0.4, 0.5) is 0 Å². The van der Waals surface area contributed by atoms with Gasteiger partial charge >= 0.3 is 5.97 Å². The normalized spacial score (nSPS) is 10.6. The van der Waals surface area contributed by atoms with Gasteiger partial charge < -0.3 is 5.11 Å². The Kier molecular flexibility index (Phi) is 3.16. The lowest BCUT2D eigenvalue weighted by molar-refractivity contribution is -0.137. The molecule has 88 valence electrons. The van der Waals surface area contributed by atoms with Gasteiger partial charge in [0.2, 0.25) is 0 Å². The standard InChI is InChI=1S/C12H12N2O2S/c1-3-10-8(2)14-9(5-4-6-11(15)16)7-17-12(14)13-10/h1,7H,4-6H2,2H3,(H,15,16).